The summed E-state index contributed by atoms with van der Waals surface area (Å²) in [4.78, 5) is 6.79. The van der Waals surface area contributed by atoms with Crippen molar-refractivity contribution in [3.05, 3.63) is 42.1 Å². The van der Waals surface area contributed by atoms with Gasteiger partial charge in [-0.15, -0.1) is 0 Å². The Morgan fingerprint density at radius 3 is 2.70 bits per heavy atom. The van der Waals surface area contributed by atoms with Crippen LogP contribution in [0.2, 0.25) is 0 Å². The number of aromatic hydroxyl groups is 1. The highest BCUT2D eigenvalue weighted by Crippen LogP contribution is 2.33. The number of nitrogens with one attached hydrogen (secondary N) is 1. The number of rotatable bonds is 5. The predicted molar refractivity (Wildman–Crippen MR) is 97.3 cm³/mol. The Labute approximate surface area is 136 Å². The van der Waals surface area contributed by atoms with Crippen molar-refractivity contribution in [2.24, 2.45) is 0 Å². The average Bonchev–Trinajstić information content (AvgIpc) is 2.52. The zero-order valence-electron chi connectivity index (χ0n) is 13.9. The van der Waals surface area contributed by atoms with Gasteiger partial charge in [-0.2, -0.15) is 0 Å². The third kappa shape index (κ3) is 3.22. The Hall–Kier alpha value is -2.33. The van der Waals surface area contributed by atoms with E-state index in [4.69, 9.17) is 0 Å². The molecule has 0 radical (unpaired) electrons. The van der Waals surface area contributed by atoms with Crippen LogP contribution in [0.3, 0.4) is 0 Å². The minimum Gasteiger partial charge on any atom is -0.508 e. The number of hydrogen-bond donors (Lipinski definition) is 2. The molecule has 0 saturated heterocycles. The van der Waals surface area contributed by atoms with E-state index in [0.29, 0.717) is 0 Å². The normalized spacial score (nSPS) is 11.5. The molecule has 0 bridgehead atoms. The Bertz CT molecular complexity index is 843. The Kier molecular flexibility index (Phi) is 4.35. The predicted octanol–water partition coefficient (Wildman–Crippen LogP) is 3.77. The first-order valence-corrected chi connectivity index (χ1v) is 7.96. The fourth-order valence-corrected chi connectivity index (χ4v) is 2.93. The van der Waals surface area contributed by atoms with Gasteiger partial charge in [0.2, 0.25) is 0 Å². The lowest BCUT2D eigenvalue weighted by Crippen LogP contribution is -2.16. The first kappa shape index (κ1) is 15.6. The Morgan fingerprint density at radius 2 is 1.91 bits per heavy atom. The van der Waals surface area contributed by atoms with Crippen LogP contribution in [0.4, 0.5) is 5.82 Å². The van der Waals surface area contributed by atoms with Gasteiger partial charge in [-0.05, 0) is 73.9 Å². The summed E-state index contributed by atoms with van der Waals surface area (Å²) in [6.07, 6.45) is 2.98. The smallest absolute Gasteiger partial charge is 0.134 e. The zero-order chi connectivity index (χ0) is 16.4. The lowest BCUT2D eigenvalue weighted by Gasteiger charge is -2.14. The molecule has 3 rings (SSSR count). The van der Waals surface area contributed by atoms with E-state index in [1.165, 1.54) is 5.39 Å². The molecule has 120 valence electrons. The molecule has 4 heteroatoms. The maximum atomic E-state index is 9.72. The quantitative estimate of drug-likeness (QED) is 0.556. The van der Waals surface area contributed by atoms with E-state index in [0.717, 1.165) is 47.1 Å². The van der Waals surface area contributed by atoms with E-state index in [1.54, 1.807) is 12.1 Å². The van der Waals surface area contributed by atoms with Gasteiger partial charge in [0.25, 0.3) is 0 Å². The van der Waals surface area contributed by atoms with E-state index < -0.39 is 0 Å². The number of fused-ring (bicyclic) bond motifs is 3. The summed E-state index contributed by atoms with van der Waals surface area (Å²) in [6, 6.07) is 9.67. The monoisotopic (exact) mass is 309 g/mol. The highest BCUT2D eigenvalue weighted by molar-refractivity contribution is 6.13. The summed E-state index contributed by atoms with van der Waals surface area (Å²) in [5.74, 6) is 1.21. The fourth-order valence-electron chi connectivity index (χ4n) is 2.93. The van der Waals surface area contributed by atoms with Crippen molar-refractivity contribution in [3.8, 4) is 5.75 Å². The van der Waals surface area contributed by atoms with Crippen LogP contribution in [0.5, 0.6) is 5.75 Å². The first-order chi connectivity index (χ1) is 11.1. The molecule has 1 heterocycles. The first-order valence-electron chi connectivity index (χ1n) is 7.96. The maximum absolute atomic E-state index is 9.72. The number of nitrogens with zero attached hydrogens (tertiary/aromatic N) is 2. The van der Waals surface area contributed by atoms with Gasteiger partial charge in [-0.1, -0.05) is 12.1 Å². The third-order valence-electron chi connectivity index (χ3n) is 4.13. The summed E-state index contributed by atoms with van der Waals surface area (Å²) >= 11 is 0. The molecule has 2 N–H and O–H groups in total. The topological polar surface area (TPSA) is 48.4 Å². The number of anilines is 1. The standard InChI is InChI=1S/C19H23N3O/c1-13-12-21-19(20-9-4-10-22(2)3)18-16(13)7-5-14-11-15(23)6-8-17(14)18/h5-8,11-12,23H,4,9-10H2,1-3H3,(H,20,21). The molecule has 0 spiro atoms. The molecule has 0 aliphatic heterocycles. The van der Waals surface area contributed by atoms with Crippen molar-refractivity contribution in [2.45, 2.75) is 13.3 Å². The van der Waals surface area contributed by atoms with Gasteiger partial charge < -0.3 is 15.3 Å². The third-order valence-corrected chi connectivity index (χ3v) is 4.13. The van der Waals surface area contributed by atoms with Gasteiger partial charge in [0.1, 0.15) is 11.6 Å². The summed E-state index contributed by atoms with van der Waals surface area (Å²) in [5, 5.41) is 17.7. The molecule has 0 fully saturated rings. The van der Waals surface area contributed by atoms with Gasteiger partial charge in [0.15, 0.2) is 0 Å². The highest BCUT2D eigenvalue weighted by atomic mass is 16.3. The van der Waals surface area contributed by atoms with Crippen LogP contribution in [0.15, 0.2) is 36.5 Å². The minimum absolute atomic E-state index is 0.290. The summed E-state index contributed by atoms with van der Waals surface area (Å²) < 4.78 is 0. The molecule has 0 atom stereocenters. The molecular weight excluding hydrogens is 286 g/mol. The van der Waals surface area contributed by atoms with Crippen LogP contribution in [0, 0.1) is 6.92 Å². The summed E-state index contributed by atoms with van der Waals surface area (Å²) in [7, 11) is 4.17. The molecule has 0 saturated carbocycles. The van der Waals surface area contributed by atoms with E-state index >= 15 is 0 Å². The molecule has 0 aliphatic rings. The molecule has 0 unspecified atom stereocenters. The molecule has 4 nitrogen and oxygen atoms in total. The van der Waals surface area contributed by atoms with Crippen molar-refractivity contribution in [2.75, 3.05) is 32.5 Å². The fraction of sp³-hybridized carbons (Fsp3) is 0.316. The largest absolute Gasteiger partial charge is 0.508 e. The van der Waals surface area contributed by atoms with Crippen LogP contribution < -0.4 is 5.32 Å². The molecule has 0 amide bonds. The zero-order valence-corrected chi connectivity index (χ0v) is 13.9. The summed E-state index contributed by atoms with van der Waals surface area (Å²) in [5.41, 5.74) is 1.16. The number of aromatic nitrogens is 1. The van der Waals surface area contributed by atoms with E-state index in [9.17, 15) is 5.11 Å². The molecular formula is C19H23N3O. The van der Waals surface area contributed by atoms with E-state index in [2.05, 4.69) is 48.4 Å². The molecule has 3 aromatic rings. The second-order valence-corrected chi connectivity index (χ2v) is 6.27. The van der Waals surface area contributed by atoms with Crippen molar-refractivity contribution >= 4 is 27.4 Å². The van der Waals surface area contributed by atoms with E-state index in [-0.39, 0.29) is 5.75 Å². The van der Waals surface area contributed by atoms with Crippen LogP contribution in [0.25, 0.3) is 21.5 Å². The second-order valence-electron chi connectivity index (χ2n) is 6.27. The van der Waals surface area contributed by atoms with Gasteiger partial charge >= 0.3 is 0 Å². The maximum Gasteiger partial charge on any atom is 0.134 e. The second kappa shape index (κ2) is 6.42. The summed E-state index contributed by atoms with van der Waals surface area (Å²) in [6.45, 7) is 4.01. The SMILES string of the molecule is Cc1cnc(NCCCN(C)C)c2c1ccc1cc(O)ccc12. The van der Waals surface area contributed by atoms with Gasteiger partial charge in [0, 0.05) is 18.1 Å². The van der Waals surface area contributed by atoms with Crippen molar-refractivity contribution in [1.29, 1.82) is 0 Å². The minimum atomic E-state index is 0.290. The van der Waals surface area contributed by atoms with Crippen molar-refractivity contribution in [3.63, 3.8) is 0 Å². The van der Waals surface area contributed by atoms with Crippen molar-refractivity contribution in [1.82, 2.24) is 9.88 Å². The molecule has 0 aliphatic carbocycles. The molecule has 23 heavy (non-hydrogen) atoms. The van der Waals surface area contributed by atoms with Crippen molar-refractivity contribution < 1.29 is 5.11 Å². The number of aryl methyl sites for hydroxylation is 1. The number of benzene rings is 2. The van der Waals surface area contributed by atoms with Gasteiger partial charge in [0.05, 0.1) is 0 Å². The van der Waals surface area contributed by atoms with Gasteiger partial charge in [-0.3, -0.25) is 0 Å². The Morgan fingerprint density at radius 1 is 1.13 bits per heavy atom. The molecule has 1 aromatic heterocycles. The Balaban J connectivity index is 2.05. The number of phenols is 1. The number of pyridine rings is 1. The highest BCUT2D eigenvalue weighted by Gasteiger charge is 2.09. The van der Waals surface area contributed by atoms with E-state index in [1.807, 2.05) is 12.3 Å². The number of phenolic OH excluding ortho intramolecular Hbond substituents is 1. The van der Waals surface area contributed by atoms with Crippen LogP contribution in [-0.4, -0.2) is 42.2 Å². The lowest BCUT2D eigenvalue weighted by atomic mass is 10.00. The van der Waals surface area contributed by atoms with Crippen LogP contribution in [-0.2, 0) is 0 Å². The lowest BCUT2D eigenvalue weighted by molar-refractivity contribution is 0.405. The van der Waals surface area contributed by atoms with Gasteiger partial charge in [-0.25, -0.2) is 4.98 Å². The molecule has 2 aromatic carbocycles. The van der Waals surface area contributed by atoms with Crippen LogP contribution >= 0.6 is 0 Å². The van der Waals surface area contributed by atoms with Crippen LogP contribution in [0.1, 0.15) is 12.0 Å². The average molecular weight is 309 g/mol. The number of hydrogen-bond acceptors (Lipinski definition) is 4.